The van der Waals surface area contributed by atoms with E-state index in [1.807, 2.05) is 13.0 Å². The van der Waals surface area contributed by atoms with E-state index in [1.54, 1.807) is 0 Å². The van der Waals surface area contributed by atoms with Gasteiger partial charge in [0.2, 0.25) is 0 Å². The van der Waals surface area contributed by atoms with Gasteiger partial charge in [-0.1, -0.05) is 0 Å². The number of piperidine rings is 1. The second kappa shape index (κ2) is 9.09. The zero-order chi connectivity index (χ0) is 17.4. The second-order valence-corrected chi connectivity index (χ2v) is 5.47. The fraction of sp³-hybridized carbons (Fsp3) is 0.562. The smallest absolute Gasteiger partial charge is 0.302 e. The number of hydrogen-bond donors (Lipinski definition) is 1. The second-order valence-electron chi connectivity index (χ2n) is 5.47. The summed E-state index contributed by atoms with van der Waals surface area (Å²) in [7, 11) is 0. The summed E-state index contributed by atoms with van der Waals surface area (Å²) < 4.78 is 5.26. The van der Waals surface area contributed by atoms with Crippen LogP contribution in [-0.2, 0) is 20.9 Å². The zero-order valence-electron chi connectivity index (χ0n) is 14.0. The van der Waals surface area contributed by atoms with Gasteiger partial charge in [0.1, 0.15) is 18.5 Å². The summed E-state index contributed by atoms with van der Waals surface area (Å²) in [5.74, 6) is -0.234. The first-order chi connectivity index (χ1) is 10.8. The van der Waals surface area contributed by atoms with Crippen molar-refractivity contribution in [2.75, 3.05) is 18.0 Å². The number of hydrogen-bond acceptors (Lipinski definition) is 6. The van der Waals surface area contributed by atoms with Gasteiger partial charge in [-0.2, -0.15) is 0 Å². The molecule has 1 fully saturated rings. The maximum atomic E-state index is 11.0. The van der Waals surface area contributed by atoms with Gasteiger partial charge in [-0.3, -0.25) is 4.79 Å². The summed E-state index contributed by atoms with van der Waals surface area (Å²) in [5.41, 5.74) is 6.16. The third-order valence-electron chi connectivity index (χ3n) is 3.44. The van der Waals surface area contributed by atoms with Crippen LogP contribution < -0.4 is 15.7 Å². The third kappa shape index (κ3) is 6.65. The van der Waals surface area contributed by atoms with Crippen molar-refractivity contribution in [1.82, 2.24) is 4.98 Å². The SMILES string of the molecule is CC(=O)OC1CCN(c2nc(C)ccc2C[NH3+])CC1.CC(=O)[O-]. The van der Waals surface area contributed by atoms with Crippen LogP contribution in [0.4, 0.5) is 5.82 Å². The summed E-state index contributed by atoms with van der Waals surface area (Å²) >= 11 is 0. The van der Waals surface area contributed by atoms with Crippen LogP contribution in [0.1, 0.15) is 37.9 Å². The molecule has 1 saturated heterocycles. The van der Waals surface area contributed by atoms with Crippen LogP contribution in [0.2, 0.25) is 0 Å². The molecule has 2 heterocycles. The third-order valence-corrected chi connectivity index (χ3v) is 3.44. The van der Waals surface area contributed by atoms with Gasteiger partial charge in [0.25, 0.3) is 0 Å². The Balaban J connectivity index is 0.000000593. The van der Waals surface area contributed by atoms with E-state index in [1.165, 1.54) is 12.5 Å². The Morgan fingerprint density at radius 3 is 2.39 bits per heavy atom. The van der Waals surface area contributed by atoms with E-state index in [-0.39, 0.29) is 12.1 Å². The molecule has 3 N–H and O–H groups in total. The predicted molar refractivity (Wildman–Crippen MR) is 83.2 cm³/mol. The van der Waals surface area contributed by atoms with Gasteiger partial charge in [0.15, 0.2) is 0 Å². The van der Waals surface area contributed by atoms with Crippen molar-refractivity contribution in [1.29, 1.82) is 0 Å². The van der Waals surface area contributed by atoms with Crippen LogP contribution in [0.15, 0.2) is 12.1 Å². The quantitative estimate of drug-likeness (QED) is 0.745. The number of carbonyl (C=O) groups excluding carboxylic acids is 2. The number of aromatic nitrogens is 1. The van der Waals surface area contributed by atoms with Gasteiger partial charge in [0, 0.05) is 50.1 Å². The lowest BCUT2D eigenvalue weighted by Gasteiger charge is -2.33. The fourth-order valence-corrected chi connectivity index (χ4v) is 2.46. The molecule has 0 saturated carbocycles. The maximum Gasteiger partial charge on any atom is 0.302 e. The molecule has 0 unspecified atom stereocenters. The van der Waals surface area contributed by atoms with Crippen molar-refractivity contribution < 1.29 is 25.2 Å². The van der Waals surface area contributed by atoms with Crippen LogP contribution in [0, 0.1) is 6.92 Å². The normalized spacial score (nSPS) is 14.7. The van der Waals surface area contributed by atoms with Crippen molar-refractivity contribution in [3.63, 3.8) is 0 Å². The van der Waals surface area contributed by atoms with Crippen LogP contribution in [0.3, 0.4) is 0 Å². The van der Waals surface area contributed by atoms with Gasteiger partial charge < -0.3 is 25.3 Å². The van der Waals surface area contributed by atoms with Crippen molar-refractivity contribution in [2.24, 2.45) is 0 Å². The first-order valence-electron chi connectivity index (χ1n) is 7.69. The highest BCUT2D eigenvalue weighted by Gasteiger charge is 2.23. The molecule has 0 aromatic carbocycles. The monoisotopic (exact) mass is 323 g/mol. The highest BCUT2D eigenvalue weighted by Crippen LogP contribution is 2.23. The zero-order valence-corrected chi connectivity index (χ0v) is 14.0. The Hall–Kier alpha value is -2.15. The Morgan fingerprint density at radius 2 is 1.91 bits per heavy atom. The van der Waals surface area contributed by atoms with E-state index in [0.717, 1.165) is 50.9 Å². The molecule has 0 atom stereocenters. The molecule has 1 aromatic rings. The summed E-state index contributed by atoms with van der Waals surface area (Å²) in [4.78, 5) is 26.7. The number of aryl methyl sites for hydroxylation is 1. The molecule has 0 aliphatic carbocycles. The molecule has 1 aromatic heterocycles. The van der Waals surface area contributed by atoms with Gasteiger partial charge in [-0.15, -0.1) is 0 Å². The van der Waals surface area contributed by atoms with Crippen molar-refractivity contribution in [3.8, 4) is 0 Å². The van der Waals surface area contributed by atoms with Crippen LogP contribution in [0.5, 0.6) is 0 Å². The van der Waals surface area contributed by atoms with Gasteiger partial charge in [0.05, 0.1) is 0 Å². The molecule has 0 radical (unpaired) electrons. The first kappa shape index (κ1) is 18.9. The molecule has 0 amide bonds. The number of carbonyl (C=O) groups is 2. The number of carboxylic acid groups (broad SMARTS) is 1. The van der Waals surface area contributed by atoms with Crippen LogP contribution in [-0.4, -0.2) is 36.1 Å². The van der Waals surface area contributed by atoms with E-state index >= 15 is 0 Å². The Kier molecular flexibility index (Phi) is 7.47. The topological polar surface area (TPSA) is 110 Å². The number of esters is 1. The lowest BCUT2D eigenvalue weighted by atomic mass is 10.1. The number of aliphatic carboxylic acids is 1. The molecule has 23 heavy (non-hydrogen) atoms. The minimum absolute atomic E-state index is 0.0572. The van der Waals surface area contributed by atoms with E-state index in [0.29, 0.717) is 0 Å². The summed E-state index contributed by atoms with van der Waals surface area (Å²) in [5, 5.41) is 8.89. The highest BCUT2D eigenvalue weighted by atomic mass is 16.5. The van der Waals surface area contributed by atoms with Gasteiger partial charge in [-0.25, -0.2) is 4.98 Å². The minimum atomic E-state index is -1.08. The summed E-state index contributed by atoms with van der Waals surface area (Å²) in [6.07, 6.45) is 1.79. The van der Waals surface area contributed by atoms with Crippen molar-refractivity contribution in [2.45, 2.75) is 46.3 Å². The molecular weight excluding hydrogens is 298 g/mol. The van der Waals surface area contributed by atoms with Crippen molar-refractivity contribution >= 4 is 17.8 Å². The Morgan fingerprint density at radius 1 is 1.35 bits per heavy atom. The molecule has 7 nitrogen and oxygen atoms in total. The highest BCUT2D eigenvalue weighted by molar-refractivity contribution is 5.66. The standard InChI is InChI=1S/C14H21N3O2.C2H4O2/c1-10-3-4-12(9-15)14(16-10)17-7-5-13(6-8-17)19-11(2)18;1-2(3)4/h3-4,13H,5-9,15H2,1-2H3;1H3,(H,3,4). The molecule has 0 bridgehead atoms. The molecule has 2 rings (SSSR count). The van der Waals surface area contributed by atoms with Gasteiger partial charge in [-0.05, 0) is 26.0 Å². The molecular formula is C16H25N3O4. The average molecular weight is 323 g/mol. The molecule has 1 aliphatic heterocycles. The number of anilines is 1. The largest absolute Gasteiger partial charge is 0.550 e. The number of ether oxygens (including phenoxy) is 1. The maximum absolute atomic E-state index is 11.0. The number of quaternary nitrogens is 1. The van der Waals surface area contributed by atoms with Crippen molar-refractivity contribution in [3.05, 3.63) is 23.4 Å². The summed E-state index contributed by atoms with van der Waals surface area (Å²) in [6.45, 7) is 6.94. The van der Waals surface area contributed by atoms with Gasteiger partial charge >= 0.3 is 5.97 Å². The number of pyridine rings is 1. The number of rotatable bonds is 3. The number of nitrogens with zero attached hydrogens (tertiary/aromatic N) is 2. The Labute approximate surface area is 136 Å². The molecule has 1 aliphatic rings. The molecule has 128 valence electrons. The fourth-order valence-electron chi connectivity index (χ4n) is 2.46. The summed E-state index contributed by atoms with van der Waals surface area (Å²) in [6, 6.07) is 4.12. The lowest BCUT2D eigenvalue weighted by molar-refractivity contribution is -0.386. The Bertz CT molecular complexity index is 536. The predicted octanol–water partition coefficient (Wildman–Crippen LogP) is -0.580. The van der Waals surface area contributed by atoms with E-state index in [4.69, 9.17) is 14.6 Å². The molecule has 7 heteroatoms. The minimum Gasteiger partial charge on any atom is -0.550 e. The lowest BCUT2D eigenvalue weighted by Crippen LogP contribution is -2.48. The average Bonchev–Trinajstić information content (AvgIpc) is 2.47. The van der Waals surface area contributed by atoms with E-state index in [9.17, 15) is 4.79 Å². The van der Waals surface area contributed by atoms with E-state index < -0.39 is 5.97 Å². The van der Waals surface area contributed by atoms with Crippen LogP contribution >= 0.6 is 0 Å². The molecule has 0 spiro atoms. The number of carboxylic acids is 1. The first-order valence-corrected chi connectivity index (χ1v) is 7.69. The van der Waals surface area contributed by atoms with Crippen LogP contribution in [0.25, 0.3) is 0 Å². The van der Waals surface area contributed by atoms with E-state index in [2.05, 4.69) is 21.7 Å².